The number of halogens is 2. The molecule has 8 heteroatoms. The molecule has 29 heavy (non-hydrogen) atoms. The number of amidine groups is 1. The first-order valence-corrected chi connectivity index (χ1v) is 10.8. The molecule has 0 radical (unpaired) electrons. The van der Waals surface area contributed by atoms with Crippen molar-refractivity contribution in [1.82, 2.24) is 4.90 Å². The summed E-state index contributed by atoms with van der Waals surface area (Å²) in [4.78, 5) is 18.6. The molecule has 2 aromatic carbocycles. The molecule has 0 spiro atoms. The van der Waals surface area contributed by atoms with Crippen molar-refractivity contribution >= 4 is 51.5 Å². The molecule has 152 valence electrons. The monoisotopic (exact) mass is 526 g/mol. The molecule has 1 heterocycles. The SMILES string of the molecule is CCOc1cc(/C=C2\SC(=NC)N(C)C2=O)cc(I)c1OCc1ccccc1F. The number of carbonyl (C=O) groups excluding carboxylic acids is 1. The summed E-state index contributed by atoms with van der Waals surface area (Å²) < 4.78 is 26.3. The molecule has 2 aromatic rings. The quantitative estimate of drug-likeness (QED) is 0.396. The Labute approximate surface area is 187 Å². The Morgan fingerprint density at radius 3 is 2.69 bits per heavy atom. The highest BCUT2D eigenvalue weighted by Gasteiger charge is 2.29. The van der Waals surface area contributed by atoms with Crippen LogP contribution in [0.3, 0.4) is 0 Å². The number of aliphatic imine (C=N–C) groups is 1. The molecule has 0 N–H and O–H groups in total. The van der Waals surface area contributed by atoms with Gasteiger partial charge in [-0.2, -0.15) is 0 Å². The van der Waals surface area contributed by atoms with E-state index in [4.69, 9.17) is 9.47 Å². The van der Waals surface area contributed by atoms with Gasteiger partial charge >= 0.3 is 0 Å². The topological polar surface area (TPSA) is 51.1 Å². The zero-order valence-electron chi connectivity index (χ0n) is 16.2. The largest absolute Gasteiger partial charge is 0.490 e. The fraction of sp³-hybridized carbons (Fsp3) is 0.238. The maximum absolute atomic E-state index is 13.9. The van der Waals surface area contributed by atoms with Gasteiger partial charge in [-0.1, -0.05) is 18.2 Å². The Balaban J connectivity index is 1.90. The van der Waals surface area contributed by atoms with E-state index in [1.807, 2.05) is 25.1 Å². The summed E-state index contributed by atoms with van der Waals surface area (Å²) >= 11 is 3.49. The number of benzene rings is 2. The minimum atomic E-state index is -0.309. The van der Waals surface area contributed by atoms with E-state index >= 15 is 0 Å². The predicted octanol–water partition coefficient (Wildman–Crippen LogP) is 4.94. The van der Waals surface area contributed by atoms with Crippen LogP contribution >= 0.6 is 34.4 Å². The van der Waals surface area contributed by atoms with E-state index in [1.165, 1.54) is 22.7 Å². The average Bonchev–Trinajstić information content (AvgIpc) is 2.96. The third kappa shape index (κ3) is 4.92. The van der Waals surface area contributed by atoms with E-state index in [2.05, 4.69) is 27.6 Å². The summed E-state index contributed by atoms with van der Waals surface area (Å²) in [5, 5.41) is 0.658. The number of hydrogen-bond donors (Lipinski definition) is 0. The molecule has 0 aliphatic carbocycles. The molecule has 0 bridgehead atoms. The molecule has 0 aromatic heterocycles. The second-order valence-corrected chi connectivity index (χ2v) is 8.30. The van der Waals surface area contributed by atoms with Crippen LogP contribution in [0.2, 0.25) is 0 Å². The van der Waals surface area contributed by atoms with Crippen LogP contribution in [0.25, 0.3) is 6.08 Å². The molecule has 3 rings (SSSR count). The first-order chi connectivity index (χ1) is 13.9. The highest BCUT2D eigenvalue weighted by Crippen LogP contribution is 2.37. The van der Waals surface area contributed by atoms with Gasteiger partial charge in [-0.05, 0) is 71.1 Å². The first kappa shape index (κ1) is 21.6. The van der Waals surface area contributed by atoms with Crippen molar-refractivity contribution in [2.45, 2.75) is 13.5 Å². The number of carbonyl (C=O) groups is 1. The lowest BCUT2D eigenvalue weighted by atomic mass is 10.1. The van der Waals surface area contributed by atoms with E-state index < -0.39 is 0 Å². The maximum atomic E-state index is 13.9. The standard InChI is InChI=1S/C21H20FIN2O3S/c1-4-27-17-10-13(11-18-20(26)25(3)21(24-2)29-18)9-16(23)19(17)28-12-14-7-5-6-8-15(14)22/h5-11H,4,12H2,1-3H3/b18-11-,24-21?. The number of ether oxygens (including phenoxy) is 2. The Kier molecular flexibility index (Phi) is 7.18. The van der Waals surface area contributed by atoms with Crippen molar-refractivity contribution in [3.05, 3.63) is 61.8 Å². The van der Waals surface area contributed by atoms with Gasteiger partial charge in [0.05, 0.1) is 15.1 Å². The van der Waals surface area contributed by atoms with Crippen molar-refractivity contribution in [1.29, 1.82) is 0 Å². The predicted molar refractivity (Wildman–Crippen MR) is 123 cm³/mol. The highest BCUT2D eigenvalue weighted by molar-refractivity contribution is 14.1. The van der Waals surface area contributed by atoms with Gasteiger partial charge in [-0.15, -0.1) is 0 Å². The van der Waals surface area contributed by atoms with E-state index in [9.17, 15) is 9.18 Å². The highest BCUT2D eigenvalue weighted by atomic mass is 127. The number of rotatable bonds is 6. The van der Waals surface area contributed by atoms with Gasteiger partial charge in [0.1, 0.15) is 12.4 Å². The van der Waals surface area contributed by atoms with Crippen molar-refractivity contribution < 1.29 is 18.7 Å². The zero-order valence-corrected chi connectivity index (χ0v) is 19.2. The Bertz CT molecular complexity index is 994. The number of amides is 1. The number of thioether (sulfide) groups is 1. The van der Waals surface area contributed by atoms with Crippen LogP contribution in [0.1, 0.15) is 18.1 Å². The lowest BCUT2D eigenvalue weighted by Crippen LogP contribution is -2.23. The zero-order chi connectivity index (χ0) is 21.0. The normalized spacial score (nSPS) is 16.7. The summed E-state index contributed by atoms with van der Waals surface area (Å²) in [6, 6.07) is 10.2. The Morgan fingerprint density at radius 2 is 2.03 bits per heavy atom. The minimum Gasteiger partial charge on any atom is -0.490 e. The molecule has 1 saturated heterocycles. The molecular formula is C21H20FIN2O3S. The number of nitrogens with zero attached hydrogens (tertiary/aromatic N) is 2. The molecule has 0 saturated carbocycles. The summed E-state index contributed by atoms with van der Waals surface area (Å²) in [7, 11) is 3.36. The van der Waals surface area contributed by atoms with Gasteiger partial charge in [0.15, 0.2) is 16.7 Å². The van der Waals surface area contributed by atoms with Crippen LogP contribution in [0, 0.1) is 9.39 Å². The molecule has 0 unspecified atom stereocenters. The van der Waals surface area contributed by atoms with Crippen molar-refractivity contribution in [2.24, 2.45) is 4.99 Å². The van der Waals surface area contributed by atoms with E-state index in [-0.39, 0.29) is 18.3 Å². The van der Waals surface area contributed by atoms with Crippen molar-refractivity contribution in [3.63, 3.8) is 0 Å². The molecule has 5 nitrogen and oxygen atoms in total. The van der Waals surface area contributed by atoms with Crippen molar-refractivity contribution in [3.8, 4) is 11.5 Å². The second-order valence-electron chi connectivity index (χ2n) is 6.12. The van der Waals surface area contributed by atoms with Gasteiger partial charge in [0.2, 0.25) is 0 Å². The molecule has 0 atom stereocenters. The fourth-order valence-corrected chi connectivity index (χ4v) is 4.45. The van der Waals surface area contributed by atoms with Crippen LogP contribution in [0.15, 0.2) is 46.3 Å². The van der Waals surface area contributed by atoms with Crippen molar-refractivity contribution in [2.75, 3.05) is 20.7 Å². The summed E-state index contributed by atoms with van der Waals surface area (Å²) in [6.07, 6.45) is 1.81. The van der Waals surface area contributed by atoms with Gasteiger partial charge < -0.3 is 9.47 Å². The summed E-state index contributed by atoms with van der Waals surface area (Å²) in [5.41, 5.74) is 1.29. The van der Waals surface area contributed by atoms with Gasteiger partial charge in [0, 0.05) is 19.7 Å². The third-order valence-corrected chi connectivity index (χ3v) is 6.11. The molecule has 1 fully saturated rings. The van der Waals surface area contributed by atoms with E-state index in [0.717, 1.165) is 9.13 Å². The maximum Gasteiger partial charge on any atom is 0.266 e. The lowest BCUT2D eigenvalue weighted by Gasteiger charge is -2.15. The summed E-state index contributed by atoms with van der Waals surface area (Å²) in [6.45, 7) is 2.43. The first-order valence-electron chi connectivity index (χ1n) is 8.91. The average molecular weight is 526 g/mol. The van der Waals surface area contributed by atoms with Gasteiger partial charge in [-0.3, -0.25) is 14.7 Å². The molecule has 1 aliphatic rings. The van der Waals surface area contributed by atoms with Crippen LogP contribution in [0.5, 0.6) is 11.5 Å². The smallest absolute Gasteiger partial charge is 0.266 e. The van der Waals surface area contributed by atoms with Crippen LogP contribution in [-0.4, -0.2) is 36.7 Å². The number of likely N-dealkylation sites (N-methyl/N-ethyl adjacent to an activating group) is 1. The van der Waals surface area contributed by atoms with Crippen LogP contribution in [-0.2, 0) is 11.4 Å². The fourth-order valence-electron chi connectivity index (χ4n) is 2.74. The van der Waals surface area contributed by atoms with Gasteiger partial charge in [-0.25, -0.2) is 4.39 Å². The van der Waals surface area contributed by atoms with Crippen LogP contribution in [0.4, 0.5) is 4.39 Å². The molecule has 1 amide bonds. The summed E-state index contributed by atoms with van der Waals surface area (Å²) in [5.74, 6) is 0.700. The lowest BCUT2D eigenvalue weighted by molar-refractivity contribution is -0.121. The number of hydrogen-bond acceptors (Lipinski definition) is 5. The molecule has 1 aliphatic heterocycles. The Hall–Kier alpha value is -2.07. The minimum absolute atomic E-state index is 0.0940. The van der Waals surface area contributed by atoms with E-state index in [0.29, 0.717) is 33.7 Å². The van der Waals surface area contributed by atoms with Gasteiger partial charge in [0.25, 0.3) is 5.91 Å². The third-order valence-electron chi connectivity index (χ3n) is 4.15. The Morgan fingerprint density at radius 1 is 1.28 bits per heavy atom. The van der Waals surface area contributed by atoms with Crippen LogP contribution < -0.4 is 9.47 Å². The molecular weight excluding hydrogens is 506 g/mol. The van der Waals surface area contributed by atoms with E-state index in [1.54, 1.807) is 32.3 Å². The second kappa shape index (κ2) is 9.62.